The first-order chi connectivity index (χ1) is 24.0. The normalized spacial score (nSPS) is 24.4. The van der Waals surface area contributed by atoms with Crippen molar-refractivity contribution in [3.05, 3.63) is 101 Å². The first-order valence-electron chi connectivity index (χ1n) is 17.1. The highest BCUT2D eigenvalue weighted by molar-refractivity contribution is 5.78. The van der Waals surface area contributed by atoms with E-state index < -0.39 is 35.9 Å². The topological polar surface area (TPSA) is 122 Å². The van der Waals surface area contributed by atoms with Crippen LogP contribution in [0.4, 0.5) is 4.79 Å². The third-order valence-electron chi connectivity index (χ3n) is 9.14. The third kappa shape index (κ3) is 9.41. The van der Waals surface area contributed by atoms with Crippen molar-refractivity contribution in [2.45, 2.75) is 83.1 Å². The molecule has 0 bridgehead atoms. The van der Waals surface area contributed by atoms with Crippen molar-refractivity contribution in [3.8, 4) is 5.75 Å². The Kier molecular flexibility index (Phi) is 12.5. The maximum atomic E-state index is 13.2. The van der Waals surface area contributed by atoms with E-state index in [9.17, 15) is 14.7 Å². The van der Waals surface area contributed by atoms with Crippen molar-refractivity contribution in [3.63, 3.8) is 0 Å². The fourth-order valence-electron chi connectivity index (χ4n) is 6.41. The van der Waals surface area contributed by atoms with E-state index in [-0.39, 0.29) is 38.3 Å². The van der Waals surface area contributed by atoms with Gasteiger partial charge in [0.25, 0.3) is 5.79 Å². The smallest absolute Gasteiger partial charge is 0.410 e. The van der Waals surface area contributed by atoms with Gasteiger partial charge in [-0.15, -0.1) is 0 Å². The molecule has 11 nitrogen and oxygen atoms in total. The van der Waals surface area contributed by atoms with Gasteiger partial charge in [-0.1, -0.05) is 79.7 Å². The Labute approximate surface area is 294 Å². The number of esters is 1. The van der Waals surface area contributed by atoms with E-state index in [1.165, 1.54) is 7.11 Å². The van der Waals surface area contributed by atoms with Crippen LogP contribution in [0.5, 0.6) is 5.75 Å². The zero-order valence-electron chi connectivity index (χ0n) is 29.5. The molecular formula is C39H49NO10. The summed E-state index contributed by atoms with van der Waals surface area (Å²) in [5.74, 6) is -2.92. The van der Waals surface area contributed by atoms with Crippen LogP contribution in [-0.4, -0.2) is 85.9 Å². The van der Waals surface area contributed by atoms with Crippen molar-refractivity contribution < 1.29 is 47.9 Å². The van der Waals surface area contributed by atoms with Crippen LogP contribution in [0.3, 0.4) is 0 Å². The minimum absolute atomic E-state index is 0.109. The van der Waals surface area contributed by atoms with Crippen LogP contribution in [0.15, 0.2) is 78.9 Å². The summed E-state index contributed by atoms with van der Waals surface area (Å²) in [7, 11) is 2.89. The van der Waals surface area contributed by atoms with E-state index in [1.54, 1.807) is 25.9 Å². The summed E-state index contributed by atoms with van der Waals surface area (Å²) in [5.41, 5.74) is 3.78. The molecule has 50 heavy (non-hydrogen) atoms. The van der Waals surface area contributed by atoms with Crippen LogP contribution >= 0.6 is 0 Å². The SMILES string of the molecule is COC(=O)[C@@]1(OCCc2ccc(CCN(Cc3ccccc3)C(=O)OCc3ccccc3)cc2OC)C[C@@H](C)[C@@H](O)C([C@H]2COC(C)(C)O2)O1. The summed E-state index contributed by atoms with van der Waals surface area (Å²) in [4.78, 5) is 28.1. The molecule has 0 radical (unpaired) electrons. The van der Waals surface area contributed by atoms with Crippen LogP contribution in [-0.2, 0) is 59.2 Å². The molecule has 1 unspecified atom stereocenters. The molecule has 3 aromatic carbocycles. The number of amides is 1. The summed E-state index contributed by atoms with van der Waals surface area (Å²) in [6.45, 7) is 6.79. The minimum Gasteiger partial charge on any atom is -0.496 e. The average molecular weight is 692 g/mol. The van der Waals surface area contributed by atoms with Gasteiger partial charge in [0, 0.05) is 19.5 Å². The quantitative estimate of drug-likeness (QED) is 0.219. The molecule has 3 aromatic rings. The Morgan fingerprint density at radius 3 is 2.26 bits per heavy atom. The molecule has 270 valence electrons. The maximum absolute atomic E-state index is 13.2. The summed E-state index contributed by atoms with van der Waals surface area (Å²) in [6, 6.07) is 25.3. The highest BCUT2D eigenvalue weighted by Crippen LogP contribution is 2.39. The molecule has 1 amide bonds. The number of carbonyl (C=O) groups is 2. The molecular weight excluding hydrogens is 642 g/mol. The number of rotatable bonds is 14. The lowest BCUT2D eigenvalue weighted by Crippen LogP contribution is -2.60. The van der Waals surface area contributed by atoms with Gasteiger partial charge in [0.2, 0.25) is 0 Å². The number of aliphatic hydroxyl groups is 1. The number of hydrogen-bond acceptors (Lipinski definition) is 10. The zero-order chi connectivity index (χ0) is 35.7. The van der Waals surface area contributed by atoms with Gasteiger partial charge in [-0.25, -0.2) is 9.59 Å². The van der Waals surface area contributed by atoms with Crippen molar-refractivity contribution in [1.29, 1.82) is 0 Å². The molecule has 5 rings (SSSR count). The Bertz CT molecular complexity index is 1550. The molecule has 2 aliphatic rings. The monoisotopic (exact) mass is 691 g/mol. The zero-order valence-corrected chi connectivity index (χ0v) is 29.5. The van der Waals surface area contributed by atoms with Crippen molar-refractivity contribution in [2.24, 2.45) is 5.92 Å². The van der Waals surface area contributed by atoms with Crippen molar-refractivity contribution in [2.75, 3.05) is 34.0 Å². The van der Waals surface area contributed by atoms with Gasteiger partial charge in [-0.3, -0.25) is 0 Å². The van der Waals surface area contributed by atoms with Crippen LogP contribution < -0.4 is 4.74 Å². The molecule has 11 heteroatoms. The number of nitrogens with zero attached hydrogens (tertiary/aromatic N) is 1. The van der Waals surface area contributed by atoms with Crippen molar-refractivity contribution >= 4 is 12.1 Å². The van der Waals surface area contributed by atoms with Gasteiger partial charge >= 0.3 is 12.1 Å². The van der Waals surface area contributed by atoms with Gasteiger partial charge in [-0.05, 0) is 60.9 Å². The molecule has 0 aliphatic carbocycles. The standard InChI is InChI=1S/C39H49NO10/c1-27-23-39(36(42)45-5,50-35(34(27)41)33-26-48-38(2,3)49-33)47-21-19-31-17-16-28(22-32(31)44-4)18-20-40(24-29-12-8-6-9-13-29)37(43)46-25-30-14-10-7-11-15-30/h6-17,22,27,33-35,41H,18-21,23-26H2,1-5H3/t27-,33-,34-,35?,39-/m1/s1. The summed E-state index contributed by atoms with van der Waals surface area (Å²) in [5, 5.41) is 11.0. The lowest BCUT2D eigenvalue weighted by atomic mass is 9.86. The minimum atomic E-state index is -1.72. The Morgan fingerprint density at radius 2 is 1.62 bits per heavy atom. The Hall–Kier alpha value is -4.00. The van der Waals surface area contributed by atoms with Gasteiger partial charge < -0.3 is 43.2 Å². The predicted octanol–water partition coefficient (Wildman–Crippen LogP) is 5.44. The molecule has 2 heterocycles. The number of benzene rings is 3. The van der Waals surface area contributed by atoms with E-state index in [1.807, 2.05) is 85.8 Å². The lowest BCUT2D eigenvalue weighted by Gasteiger charge is -2.45. The second-order valence-corrected chi connectivity index (χ2v) is 13.3. The van der Waals surface area contributed by atoms with E-state index >= 15 is 0 Å². The largest absolute Gasteiger partial charge is 0.496 e. The van der Waals surface area contributed by atoms with Crippen molar-refractivity contribution in [1.82, 2.24) is 4.90 Å². The average Bonchev–Trinajstić information content (AvgIpc) is 3.50. The summed E-state index contributed by atoms with van der Waals surface area (Å²) >= 11 is 0. The maximum Gasteiger partial charge on any atom is 0.410 e. The number of hydrogen-bond donors (Lipinski definition) is 1. The van der Waals surface area contributed by atoms with Crippen LogP contribution in [0, 0.1) is 5.92 Å². The Morgan fingerprint density at radius 1 is 0.920 bits per heavy atom. The lowest BCUT2D eigenvalue weighted by molar-refractivity contribution is -0.318. The van der Waals surface area contributed by atoms with Gasteiger partial charge in [0.15, 0.2) is 5.79 Å². The Balaban J connectivity index is 1.23. The second-order valence-electron chi connectivity index (χ2n) is 13.3. The number of ether oxygens (including phenoxy) is 7. The summed E-state index contributed by atoms with van der Waals surface area (Å²) in [6.07, 6.45) is -1.62. The molecule has 2 saturated heterocycles. The second kappa shape index (κ2) is 16.8. The third-order valence-corrected chi connectivity index (χ3v) is 9.14. The highest BCUT2D eigenvalue weighted by atomic mass is 16.8. The summed E-state index contributed by atoms with van der Waals surface area (Å²) < 4.78 is 40.7. The first kappa shape index (κ1) is 37.3. The predicted molar refractivity (Wildman–Crippen MR) is 184 cm³/mol. The van der Waals surface area contributed by atoms with E-state index in [2.05, 4.69) is 0 Å². The van der Waals surface area contributed by atoms with Crippen LogP contribution in [0.25, 0.3) is 0 Å². The molecule has 2 aliphatic heterocycles. The van der Waals surface area contributed by atoms with Gasteiger partial charge in [-0.2, -0.15) is 0 Å². The molecule has 2 fully saturated rings. The van der Waals surface area contributed by atoms with Crippen LogP contribution in [0.1, 0.15) is 49.4 Å². The fourth-order valence-corrected chi connectivity index (χ4v) is 6.41. The highest BCUT2D eigenvalue weighted by Gasteiger charge is 2.56. The number of aliphatic hydroxyl groups excluding tert-OH is 1. The molecule has 0 saturated carbocycles. The van der Waals surface area contributed by atoms with E-state index in [4.69, 9.17) is 33.2 Å². The molecule has 5 atom stereocenters. The van der Waals surface area contributed by atoms with Crippen LogP contribution in [0.2, 0.25) is 0 Å². The molecule has 0 aromatic heterocycles. The first-order valence-corrected chi connectivity index (χ1v) is 17.1. The fraction of sp³-hybridized carbons (Fsp3) is 0.487. The van der Waals surface area contributed by atoms with E-state index in [0.717, 1.165) is 22.3 Å². The number of methoxy groups -OCH3 is 2. The van der Waals surface area contributed by atoms with Gasteiger partial charge in [0.05, 0.1) is 33.5 Å². The molecule has 0 spiro atoms. The van der Waals surface area contributed by atoms with E-state index in [0.29, 0.717) is 31.7 Å². The number of carbonyl (C=O) groups excluding carboxylic acids is 2. The molecule has 1 N–H and O–H groups in total. The van der Waals surface area contributed by atoms with Gasteiger partial charge in [0.1, 0.15) is 24.6 Å².